The van der Waals surface area contributed by atoms with Crippen molar-refractivity contribution in [1.29, 1.82) is 0 Å². The topological polar surface area (TPSA) is 127 Å². The molecule has 1 aliphatic heterocycles. The van der Waals surface area contributed by atoms with E-state index in [1.54, 1.807) is 24.3 Å². The maximum atomic E-state index is 11.9. The van der Waals surface area contributed by atoms with Crippen molar-refractivity contribution in [2.45, 2.75) is 36.8 Å². The van der Waals surface area contributed by atoms with Crippen molar-refractivity contribution < 1.29 is 35.1 Å². The van der Waals surface area contributed by atoms with E-state index < -0.39 is 42.6 Å². The normalized spacial score (nSPS) is 33.8. The molecule has 0 aliphatic carbocycles. The van der Waals surface area contributed by atoms with Crippen LogP contribution in [0.3, 0.4) is 0 Å². The number of rotatable bonds is 4. The minimum absolute atomic E-state index is 0.739. The number of carbonyl (C=O) groups is 1. The molecule has 1 aromatic rings. The van der Waals surface area contributed by atoms with Crippen molar-refractivity contribution in [1.82, 2.24) is 0 Å². The summed E-state index contributed by atoms with van der Waals surface area (Å²) >= 11 is 0. The van der Waals surface area contributed by atoms with E-state index in [0.717, 1.165) is 11.6 Å². The Morgan fingerprint density at radius 3 is 2.32 bits per heavy atom. The number of aliphatic hydroxyl groups is 5. The molecule has 0 amide bonds. The third-order valence-corrected chi connectivity index (χ3v) is 3.47. The van der Waals surface area contributed by atoms with Gasteiger partial charge in [-0.1, -0.05) is 36.4 Å². The lowest BCUT2D eigenvalue weighted by Crippen LogP contribution is -2.61. The first-order valence-electron chi connectivity index (χ1n) is 6.74. The van der Waals surface area contributed by atoms with Gasteiger partial charge in [-0.2, -0.15) is 0 Å². The van der Waals surface area contributed by atoms with Crippen molar-refractivity contribution in [2.24, 2.45) is 0 Å². The van der Waals surface area contributed by atoms with Crippen molar-refractivity contribution in [3.05, 3.63) is 42.0 Å². The Morgan fingerprint density at radius 1 is 1.05 bits per heavy atom. The number of hydrogen-bond donors (Lipinski definition) is 5. The molecule has 0 saturated carbocycles. The van der Waals surface area contributed by atoms with E-state index in [2.05, 4.69) is 0 Å². The lowest BCUT2D eigenvalue weighted by molar-refractivity contribution is -0.293. The summed E-state index contributed by atoms with van der Waals surface area (Å²) in [6.07, 6.45) is -7.69. The highest BCUT2D eigenvalue weighted by Crippen LogP contribution is 2.22. The molecule has 7 nitrogen and oxygen atoms in total. The van der Waals surface area contributed by atoms with Gasteiger partial charge in [-0.25, -0.2) is 0 Å². The van der Waals surface area contributed by atoms with Crippen LogP contribution < -0.4 is 0 Å². The molecule has 5 N–H and O–H groups in total. The van der Waals surface area contributed by atoms with Crippen LogP contribution >= 0.6 is 0 Å². The van der Waals surface area contributed by atoms with Crippen molar-refractivity contribution in [2.75, 3.05) is 0 Å². The monoisotopic (exact) mass is 310 g/mol. The van der Waals surface area contributed by atoms with Crippen LogP contribution in [0.5, 0.6) is 0 Å². The van der Waals surface area contributed by atoms with Gasteiger partial charge in [0, 0.05) is 0 Å². The number of ketones is 1. The Balaban J connectivity index is 2.05. The molecule has 1 aromatic carbocycles. The molecule has 1 unspecified atom stereocenters. The van der Waals surface area contributed by atoms with E-state index in [-0.39, 0.29) is 0 Å². The smallest absolute Gasteiger partial charge is 0.186 e. The summed E-state index contributed by atoms with van der Waals surface area (Å²) in [6.45, 7) is 0. The third-order valence-electron chi connectivity index (χ3n) is 3.47. The van der Waals surface area contributed by atoms with E-state index >= 15 is 0 Å². The number of carbonyl (C=O) groups excluding carboxylic acids is 1. The molecule has 0 bridgehead atoms. The predicted octanol–water partition coefficient (Wildman–Crippen LogP) is -1.57. The third kappa shape index (κ3) is 3.58. The van der Waals surface area contributed by atoms with Crippen LogP contribution in [0, 0.1) is 0 Å². The first-order valence-corrected chi connectivity index (χ1v) is 6.74. The fourth-order valence-corrected chi connectivity index (χ4v) is 2.15. The number of hydrogen-bond acceptors (Lipinski definition) is 7. The summed E-state index contributed by atoms with van der Waals surface area (Å²) < 4.78 is 4.81. The molecule has 1 fully saturated rings. The Hall–Kier alpha value is -1.61. The van der Waals surface area contributed by atoms with Gasteiger partial charge in [0.2, 0.25) is 0 Å². The van der Waals surface area contributed by atoms with Crippen LogP contribution in [0.1, 0.15) is 5.56 Å². The molecular weight excluding hydrogens is 292 g/mol. The average Bonchev–Trinajstić information content (AvgIpc) is 2.54. The molecule has 1 saturated heterocycles. The highest BCUT2D eigenvalue weighted by Gasteiger charge is 2.47. The highest BCUT2D eigenvalue weighted by molar-refractivity contribution is 5.97. The molecular formula is C15H18O7. The first kappa shape index (κ1) is 16.8. The Morgan fingerprint density at radius 2 is 1.68 bits per heavy atom. The van der Waals surface area contributed by atoms with Gasteiger partial charge in [0.25, 0.3) is 0 Å². The summed E-state index contributed by atoms with van der Waals surface area (Å²) in [5.41, 5.74) is 0.739. The fourth-order valence-electron chi connectivity index (χ4n) is 2.15. The molecule has 6 atom stereocenters. The van der Waals surface area contributed by atoms with Gasteiger partial charge in [0.15, 0.2) is 12.1 Å². The second-order valence-electron chi connectivity index (χ2n) is 5.05. The first-order chi connectivity index (χ1) is 10.4. The zero-order chi connectivity index (χ0) is 16.3. The van der Waals surface area contributed by atoms with E-state index in [1.165, 1.54) is 6.08 Å². The number of aliphatic hydroxyl groups excluding tert-OH is 5. The van der Waals surface area contributed by atoms with Crippen LogP contribution in [0.25, 0.3) is 6.08 Å². The zero-order valence-corrected chi connectivity index (χ0v) is 11.6. The molecule has 120 valence electrons. The summed E-state index contributed by atoms with van der Waals surface area (Å²) in [4.78, 5) is 11.9. The second-order valence-corrected chi connectivity index (χ2v) is 5.05. The molecule has 1 heterocycles. The quantitative estimate of drug-likeness (QED) is 0.425. The van der Waals surface area contributed by atoms with Gasteiger partial charge >= 0.3 is 0 Å². The molecule has 7 heteroatoms. The van der Waals surface area contributed by atoms with E-state index in [1.807, 2.05) is 6.07 Å². The summed E-state index contributed by atoms with van der Waals surface area (Å²) in [7, 11) is 0. The van der Waals surface area contributed by atoms with Crippen molar-refractivity contribution >= 4 is 11.9 Å². The van der Waals surface area contributed by atoms with Gasteiger partial charge in [0.05, 0.1) is 0 Å². The van der Waals surface area contributed by atoms with E-state index in [0.29, 0.717) is 0 Å². The predicted molar refractivity (Wildman–Crippen MR) is 75.4 cm³/mol. The van der Waals surface area contributed by atoms with Crippen molar-refractivity contribution in [3.63, 3.8) is 0 Å². The zero-order valence-electron chi connectivity index (χ0n) is 11.6. The SMILES string of the molecule is O=C(C=Cc1ccccc1)C(O)[C@H]1O[C@@H](O)[C@H](O)[C@@H](O)[C@@H]1O. The lowest BCUT2D eigenvalue weighted by Gasteiger charge is -2.39. The molecule has 0 aromatic heterocycles. The minimum Gasteiger partial charge on any atom is -0.387 e. The molecule has 0 spiro atoms. The van der Waals surface area contributed by atoms with Gasteiger partial charge in [0.1, 0.15) is 30.5 Å². The highest BCUT2D eigenvalue weighted by atomic mass is 16.6. The molecule has 22 heavy (non-hydrogen) atoms. The maximum Gasteiger partial charge on any atom is 0.186 e. The van der Waals surface area contributed by atoms with Crippen LogP contribution in [-0.2, 0) is 9.53 Å². The molecule has 2 rings (SSSR count). The number of ether oxygens (including phenoxy) is 1. The summed E-state index contributed by atoms with van der Waals surface area (Å²) in [5, 5.41) is 47.9. The minimum atomic E-state index is -1.80. The van der Waals surface area contributed by atoms with Gasteiger partial charge in [-0.05, 0) is 11.6 Å². The van der Waals surface area contributed by atoms with Crippen LogP contribution in [0.15, 0.2) is 36.4 Å². The Labute approximate surface area is 126 Å². The van der Waals surface area contributed by atoms with Gasteiger partial charge in [-0.3, -0.25) is 4.79 Å². The van der Waals surface area contributed by atoms with Crippen LogP contribution in [0.2, 0.25) is 0 Å². The van der Waals surface area contributed by atoms with E-state index in [4.69, 9.17) is 4.74 Å². The Bertz CT molecular complexity index is 530. The lowest BCUT2D eigenvalue weighted by atomic mass is 9.93. The second kappa shape index (κ2) is 7.10. The Kier molecular flexibility index (Phi) is 5.41. The average molecular weight is 310 g/mol. The maximum absolute atomic E-state index is 11.9. The van der Waals surface area contributed by atoms with Crippen molar-refractivity contribution in [3.8, 4) is 0 Å². The largest absolute Gasteiger partial charge is 0.387 e. The summed E-state index contributed by atoms with van der Waals surface area (Å²) in [5.74, 6) is -0.760. The number of benzene rings is 1. The summed E-state index contributed by atoms with van der Waals surface area (Å²) in [6, 6.07) is 8.89. The standard InChI is InChI=1S/C15H18O7/c16-9(7-6-8-4-2-1-3-5-8)10(17)14-12(19)11(18)13(20)15(21)22-14/h1-7,10-15,17-21H/t10?,11-,12-,13+,14+,15+/m0/s1. The van der Waals surface area contributed by atoms with Crippen LogP contribution in [0.4, 0.5) is 0 Å². The van der Waals surface area contributed by atoms with Gasteiger partial charge in [-0.15, -0.1) is 0 Å². The van der Waals surface area contributed by atoms with Crippen LogP contribution in [-0.4, -0.2) is 68.1 Å². The van der Waals surface area contributed by atoms with Gasteiger partial charge < -0.3 is 30.3 Å². The molecule has 0 radical (unpaired) electrons. The molecule has 1 aliphatic rings. The fraction of sp³-hybridized carbons (Fsp3) is 0.400. The van der Waals surface area contributed by atoms with E-state index in [9.17, 15) is 30.3 Å².